The van der Waals surface area contributed by atoms with E-state index in [1.165, 1.54) is 0 Å². The summed E-state index contributed by atoms with van der Waals surface area (Å²) in [6.45, 7) is 5.86. The highest BCUT2D eigenvalue weighted by molar-refractivity contribution is 9.10. The van der Waals surface area contributed by atoms with Crippen molar-refractivity contribution in [2.45, 2.75) is 58.4 Å². The molecule has 2 rings (SSSR count). The van der Waals surface area contributed by atoms with Crippen molar-refractivity contribution in [3.8, 4) is 0 Å². The SMILES string of the molecule is CC(C)(C)NC(=O)CC1(C(=O)Nc2ccc(Br)cc2)CCCC1. The van der Waals surface area contributed by atoms with Crippen LogP contribution in [0.25, 0.3) is 0 Å². The van der Waals surface area contributed by atoms with E-state index in [4.69, 9.17) is 0 Å². The number of carbonyl (C=O) groups excluding carboxylic acids is 2. The number of anilines is 1. The third-order valence-corrected chi connectivity index (χ3v) is 4.69. The summed E-state index contributed by atoms with van der Waals surface area (Å²) >= 11 is 3.38. The van der Waals surface area contributed by atoms with E-state index < -0.39 is 5.41 Å². The predicted octanol–water partition coefficient (Wildman–Crippen LogP) is 4.25. The van der Waals surface area contributed by atoms with E-state index in [-0.39, 0.29) is 23.8 Å². The van der Waals surface area contributed by atoms with E-state index in [1.54, 1.807) is 0 Å². The maximum atomic E-state index is 12.8. The molecule has 4 nitrogen and oxygen atoms in total. The summed E-state index contributed by atoms with van der Waals surface area (Å²) in [6, 6.07) is 7.51. The van der Waals surface area contributed by atoms with Crippen LogP contribution >= 0.6 is 15.9 Å². The van der Waals surface area contributed by atoms with Gasteiger partial charge in [-0.25, -0.2) is 0 Å². The van der Waals surface area contributed by atoms with Crippen molar-refractivity contribution in [2.24, 2.45) is 5.41 Å². The molecule has 0 bridgehead atoms. The first-order chi connectivity index (χ1) is 10.7. The van der Waals surface area contributed by atoms with Crippen LogP contribution in [0.4, 0.5) is 5.69 Å². The van der Waals surface area contributed by atoms with Crippen LogP contribution in [0.1, 0.15) is 52.9 Å². The molecule has 1 aromatic rings. The summed E-state index contributed by atoms with van der Waals surface area (Å²) in [4.78, 5) is 25.1. The number of hydrogen-bond donors (Lipinski definition) is 2. The molecule has 2 amide bonds. The van der Waals surface area contributed by atoms with Gasteiger partial charge in [0.15, 0.2) is 0 Å². The van der Waals surface area contributed by atoms with E-state index in [0.29, 0.717) is 0 Å². The summed E-state index contributed by atoms with van der Waals surface area (Å²) in [5.41, 5.74) is -0.0951. The Kier molecular flexibility index (Phi) is 5.50. The zero-order valence-electron chi connectivity index (χ0n) is 14.0. The van der Waals surface area contributed by atoms with Crippen LogP contribution in [0.15, 0.2) is 28.7 Å². The van der Waals surface area contributed by atoms with Gasteiger partial charge in [0.2, 0.25) is 11.8 Å². The average Bonchev–Trinajstić information content (AvgIpc) is 2.89. The van der Waals surface area contributed by atoms with E-state index >= 15 is 0 Å². The van der Waals surface area contributed by atoms with Gasteiger partial charge in [0, 0.05) is 22.1 Å². The van der Waals surface area contributed by atoms with E-state index in [1.807, 2.05) is 45.0 Å². The summed E-state index contributed by atoms with van der Waals surface area (Å²) in [5.74, 6) is -0.0910. The Bertz CT molecular complexity index is 570. The fraction of sp³-hybridized carbons (Fsp3) is 0.556. The van der Waals surface area contributed by atoms with Crippen LogP contribution in [0, 0.1) is 5.41 Å². The van der Waals surface area contributed by atoms with Crippen molar-refractivity contribution in [1.29, 1.82) is 0 Å². The molecule has 1 aliphatic rings. The first-order valence-electron chi connectivity index (χ1n) is 8.08. The van der Waals surface area contributed by atoms with Crippen LogP contribution in [0.2, 0.25) is 0 Å². The minimum absolute atomic E-state index is 0.0404. The quantitative estimate of drug-likeness (QED) is 0.819. The standard InChI is InChI=1S/C18H25BrN2O2/c1-17(2,3)21-15(22)12-18(10-4-5-11-18)16(23)20-14-8-6-13(19)7-9-14/h6-9H,4-5,10-12H2,1-3H3,(H,20,23)(H,21,22). The third-order valence-electron chi connectivity index (χ3n) is 4.16. The van der Waals surface area contributed by atoms with Gasteiger partial charge in [-0.1, -0.05) is 28.8 Å². The van der Waals surface area contributed by atoms with Crippen LogP contribution in [0.3, 0.4) is 0 Å². The van der Waals surface area contributed by atoms with Gasteiger partial charge >= 0.3 is 0 Å². The molecule has 1 fully saturated rings. The van der Waals surface area contributed by atoms with Crippen LogP contribution < -0.4 is 10.6 Å². The molecule has 0 radical (unpaired) electrons. The van der Waals surface area contributed by atoms with Crippen molar-refractivity contribution >= 4 is 33.4 Å². The largest absolute Gasteiger partial charge is 0.351 e. The minimum Gasteiger partial charge on any atom is -0.351 e. The zero-order chi connectivity index (χ0) is 17.1. The van der Waals surface area contributed by atoms with Gasteiger partial charge in [0.05, 0.1) is 5.41 Å². The number of rotatable bonds is 4. The fourth-order valence-electron chi connectivity index (χ4n) is 3.10. The van der Waals surface area contributed by atoms with E-state index in [2.05, 4.69) is 26.6 Å². The Balaban J connectivity index is 2.08. The topological polar surface area (TPSA) is 58.2 Å². The number of nitrogens with one attached hydrogen (secondary N) is 2. The lowest BCUT2D eigenvalue weighted by Crippen LogP contribution is -2.45. The molecule has 1 aliphatic carbocycles. The number of halogens is 1. The molecule has 0 atom stereocenters. The summed E-state index contributed by atoms with van der Waals surface area (Å²) in [6.07, 6.45) is 3.79. The third kappa shape index (κ3) is 5.06. The lowest BCUT2D eigenvalue weighted by molar-refractivity contribution is -0.133. The lowest BCUT2D eigenvalue weighted by Gasteiger charge is -2.29. The molecule has 2 N–H and O–H groups in total. The molecule has 1 aromatic carbocycles. The van der Waals surface area contributed by atoms with Gasteiger partial charge in [0.25, 0.3) is 0 Å². The Morgan fingerprint density at radius 3 is 2.22 bits per heavy atom. The van der Waals surface area contributed by atoms with Crippen molar-refractivity contribution < 1.29 is 9.59 Å². The lowest BCUT2D eigenvalue weighted by atomic mass is 9.81. The highest BCUT2D eigenvalue weighted by Crippen LogP contribution is 2.42. The molecule has 126 valence electrons. The molecule has 0 spiro atoms. The zero-order valence-corrected chi connectivity index (χ0v) is 15.6. The van der Waals surface area contributed by atoms with Crippen molar-refractivity contribution in [3.63, 3.8) is 0 Å². The fourth-order valence-corrected chi connectivity index (χ4v) is 3.37. The smallest absolute Gasteiger partial charge is 0.231 e. The summed E-state index contributed by atoms with van der Waals surface area (Å²) in [7, 11) is 0. The molecule has 5 heteroatoms. The monoisotopic (exact) mass is 380 g/mol. The first-order valence-corrected chi connectivity index (χ1v) is 8.88. The number of amides is 2. The van der Waals surface area contributed by atoms with Crippen molar-refractivity contribution in [3.05, 3.63) is 28.7 Å². The predicted molar refractivity (Wildman–Crippen MR) is 96.2 cm³/mol. The molecular weight excluding hydrogens is 356 g/mol. The van der Waals surface area contributed by atoms with Crippen LogP contribution in [-0.2, 0) is 9.59 Å². The molecular formula is C18H25BrN2O2. The highest BCUT2D eigenvalue weighted by Gasteiger charge is 2.43. The number of hydrogen-bond acceptors (Lipinski definition) is 2. The molecule has 0 aromatic heterocycles. The number of benzene rings is 1. The average molecular weight is 381 g/mol. The van der Waals surface area contributed by atoms with Crippen LogP contribution in [-0.4, -0.2) is 17.4 Å². The van der Waals surface area contributed by atoms with Gasteiger partial charge in [-0.2, -0.15) is 0 Å². The van der Waals surface area contributed by atoms with Crippen LogP contribution in [0.5, 0.6) is 0 Å². The highest BCUT2D eigenvalue weighted by atomic mass is 79.9. The Hall–Kier alpha value is -1.36. The van der Waals surface area contributed by atoms with Gasteiger partial charge in [-0.05, 0) is 57.9 Å². The molecule has 0 saturated heterocycles. The van der Waals surface area contributed by atoms with Gasteiger partial charge in [0.1, 0.15) is 0 Å². The second-order valence-electron chi connectivity index (χ2n) is 7.42. The molecule has 0 unspecified atom stereocenters. The minimum atomic E-state index is -0.581. The summed E-state index contributed by atoms with van der Waals surface area (Å²) in [5, 5.41) is 5.95. The Morgan fingerprint density at radius 1 is 1.13 bits per heavy atom. The number of carbonyl (C=O) groups is 2. The maximum Gasteiger partial charge on any atom is 0.231 e. The normalized spacial score (nSPS) is 16.9. The summed E-state index contributed by atoms with van der Waals surface area (Å²) < 4.78 is 0.968. The molecule has 0 heterocycles. The Morgan fingerprint density at radius 2 is 1.70 bits per heavy atom. The Labute approximate surface area is 146 Å². The second kappa shape index (κ2) is 7.04. The first kappa shape index (κ1) is 18.0. The van der Waals surface area contributed by atoms with Crippen molar-refractivity contribution in [2.75, 3.05) is 5.32 Å². The second-order valence-corrected chi connectivity index (χ2v) is 8.34. The van der Waals surface area contributed by atoms with Gasteiger partial charge in [-0.15, -0.1) is 0 Å². The molecule has 23 heavy (non-hydrogen) atoms. The molecule has 1 saturated carbocycles. The van der Waals surface area contributed by atoms with E-state index in [0.717, 1.165) is 35.8 Å². The van der Waals surface area contributed by atoms with Crippen molar-refractivity contribution in [1.82, 2.24) is 5.32 Å². The van der Waals surface area contributed by atoms with E-state index in [9.17, 15) is 9.59 Å². The maximum absolute atomic E-state index is 12.8. The van der Waals surface area contributed by atoms with Gasteiger partial charge in [-0.3, -0.25) is 9.59 Å². The molecule has 0 aliphatic heterocycles. The van der Waals surface area contributed by atoms with Gasteiger partial charge < -0.3 is 10.6 Å².